The Morgan fingerprint density at radius 1 is 1.16 bits per heavy atom. The Bertz CT molecular complexity index is 685. The van der Waals surface area contributed by atoms with Crippen molar-refractivity contribution < 1.29 is 14.2 Å². The molecule has 0 N–H and O–H groups in total. The molecule has 1 saturated carbocycles. The summed E-state index contributed by atoms with van der Waals surface area (Å²) in [7, 11) is 1.78. The smallest absolute Gasteiger partial charge is 0.171 e. The highest BCUT2D eigenvalue weighted by Crippen LogP contribution is 2.46. The standard InChI is InChI=1S/C19H25N3O3/c1-23-18-16(21-8-6-19(7-9-21)24-10-11-25-19)5-2-14-12-20-13-22(17(14)18)15-3-4-15/h2,5,12,15H,3-4,6-11,13H2,1H3. The molecule has 1 spiro atoms. The first-order chi connectivity index (χ1) is 12.3. The van der Waals surface area contributed by atoms with Crippen LogP contribution < -0.4 is 14.5 Å². The van der Waals surface area contributed by atoms with Gasteiger partial charge in [-0.15, -0.1) is 0 Å². The van der Waals surface area contributed by atoms with Gasteiger partial charge in [0.05, 0.1) is 31.7 Å². The number of methoxy groups -OCH3 is 1. The third kappa shape index (κ3) is 2.59. The molecule has 1 aromatic carbocycles. The maximum absolute atomic E-state index is 5.91. The lowest BCUT2D eigenvalue weighted by atomic mass is 10.0. The van der Waals surface area contributed by atoms with Crippen molar-refractivity contribution in [2.45, 2.75) is 37.5 Å². The molecule has 25 heavy (non-hydrogen) atoms. The van der Waals surface area contributed by atoms with Crippen LogP contribution in [0.3, 0.4) is 0 Å². The molecule has 0 radical (unpaired) electrons. The van der Waals surface area contributed by atoms with Crippen molar-refractivity contribution in [3.8, 4) is 5.75 Å². The number of piperidine rings is 1. The van der Waals surface area contributed by atoms with Gasteiger partial charge in [0.15, 0.2) is 11.5 Å². The summed E-state index contributed by atoms with van der Waals surface area (Å²) in [5.74, 6) is 0.643. The quantitative estimate of drug-likeness (QED) is 0.843. The fourth-order valence-corrected chi connectivity index (χ4v) is 4.28. The van der Waals surface area contributed by atoms with Crippen molar-refractivity contribution in [3.05, 3.63) is 17.7 Å². The van der Waals surface area contributed by atoms with E-state index in [0.29, 0.717) is 6.04 Å². The van der Waals surface area contributed by atoms with Gasteiger partial charge in [0.1, 0.15) is 6.67 Å². The highest BCUT2D eigenvalue weighted by molar-refractivity contribution is 5.95. The van der Waals surface area contributed by atoms with Crippen molar-refractivity contribution in [1.82, 2.24) is 0 Å². The lowest BCUT2D eigenvalue weighted by Gasteiger charge is -2.40. The maximum Gasteiger partial charge on any atom is 0.171 e. The van der Waals surface area contributed by atoms with Crippen molar-refractivity contribution >= 4 is 17.6 Å². The Morgan fingerprint density at radius 2 is 1.92 bits per heavy atom. The highest BCUT2D eigenvalue weighted by Gasteiger charge is 2.41. The van der Waals surface area contributed by atoms with Gasteiger partial charge in [0.25, 0.3) is 0 Å². The Balaban J connectivity index is 1.46. The number of hydrogen-bond acceptors (Lipinski definition) is 6. The molecule has 0 bridgehead atoms. The molecule has 5 rings (SSSR count). The average molecular weight is 343 g/mol. The van der Waals surface area contributed by atoms with E-state index < -0.39 is 0 Å². The Morgan fingerprint density at radius 3 is 2.60 bits per heavy atom. The van der Waals surface area contributed by atoms with Gasteiger partial charge >= 0.3 is 0 Å². The number of aliphatic imine (C=N–C) groups is 1. The van der Waals surface area contributed by atoms with E-state index in [9.17, 15) is 0 Å². The van der Waals surface area contributed by atoms with E-state index in [1.54, 1.807) is 7.11 Å². The van der Waals surface area contributed by atoms with E-state index in [1.807, 2.05) is 6.21 Å². The average Bonchev–Trinajstić information content (AvgIpc) is 3.41. The van der Waals surface area contributed by atoms with Gasteiger partial charge in [0.2, 0.25) is 0 Å². The summed E-state index contributed by atoms with van der Waals surface area (Å²) in [6.07, 6.45) is 6.29. The van der Waals surface area contributed by atoms with E-state index in [0.717, 1.165) is 57.1 Å². The number of benzene rings is 1. The van der Waals surface area contributed by atoms with Crippen molar-refractivity contribution in [1.29, 1.82) is 0 Å². The molecule has 3 aliphatic heterocycles. The highest BCUT2D eigenvalue weighted by atomic mass is 16.7. The molecule has 6 heteroatoms. The van der Waals surface area contributed by atoms with Gasteiger partial charge in [0, 0.05) is 43.8 Å². The molecular formula is C19H25N3O3. The predicted octanol–water partition coefficient (Wildman–Crippen LogP) is 2.40. The maximum atomic E-state index is 5.91. The van der Waals surface area contributed by atoms with Crippen LogP contribution in [0.2, 0.25) is 0 Å². The van der Waals surface area contributed by atoms with Crippen molar-refractivity contribution in [3.63, 3.8) is 0 Å². The number of anilines is 2. The second kappa shape index (κ2) is 5.88. The van der Waals surface area contributed by atoms with E-state index in [1.165, 1.54) is 24.2 Å². The predicted molar refractivity (Wildman–Crippen MR) is 97.0 cm³/mol. The van der Waals surface area contributed by atoms with Crippen LogP contribution in [0.15, 0.2) is 17.1 Å². The Labute approximate surface area is 148 Å². The van der Waals surface area contributed by atoms with Crippen molar-refractivity contribution in [2.75, 3.05) is 49.9 Å². The minimum Gasteiger partial charge on any atom is -0.492 e. The van der Waals surface area contributed by atoms with Gasteiger partial charge in [-0.3, -0.25) is 4.99 Å². The summed E-state index contributed by atoms with van der Waals surface area (Å²) in [5, 5.41) is 0. The van der Waals surface area contributed by atoms with E-state index in [2.05, 4.69) is 26.9 Å². The zero-order chi connectivity index (χ0) is 16.9. The topological polar surface area (TPSA) is 46.5 Å². The summed E-state index contributed by atoms with van der Waals surface area (Å²) < 4.78 is 17.6. The zero-order valence-electron chi connectivity index (χ0n) is 14.7. The number of fused-ring (bicyclic) bond motifs is 1. The Hall–Kier alpha value is -1.79. The SMILES string of the molecule is COc1c(N2CCC3(CC2)OCCO3)ccc2c1N(C1CC1)CN=C2. The molecule has 134 valence electrons. The normalized spacial score (nSPS) is 24.7. The molecule has 1 aliphatic carbocycles. The first kappa shape index (κ1) is 15.5. The first-order valence-corrected chi connectivity index (χ1v) is 9.30. The molecule has 0 unspecified atom stereocenters. The fraction of sp³-hybridized carbons (Fsp3) is 0.632. The van der Waals surface area contributed by atoms with Crippen molar-refractivity contribution in [2.24, 2.45) is 4.99 Å². The van der Waals surface area contributed by atoms with Crippen LogP contribution in [0.4, 0.5) is 11.4 Å². The second-order valence-corrected chi connectivity index (χ2v) is 7.30. The molecule has 4 aliphatic rings. The van der Waals surface area contributed by atoms with Crippen LogP contribution in [0.5, 0.6) is 5.75 Å². The molecule has 0 aromatic heterocycles. The van der Waals surface area contributed by atoms with Crippen LogP contribution in [0.25, 0.3) is 0 Å². The van der Waals surface area contributed by atoms with E-state index >= 15 is 0 Å². The monoisotopic (exact) mass is 343 g/mol. The van der Waals surface area contributed by atoms with Crippen LogP contribution >= 0.6 is 0 Å². The van der Waals surface area contributed by atoms with Gasteiger partial charge in [-0.25, -0.2) is 0 Å². The van der Waals surface area contributed by atoms with Gasteiger partial charge < -0.3 is 24.0 Å². The summed E-state index contributed by atoms with van der Waals surface area (Å²) in [4.78, 5) is 9.34. The molecule has 6 nitrogen and oxygen atoms in total. The molecular weight excluding hydrogens is 318 g/mol. The summed E-state index contributed by atoms with van der Waals surface area (Å²) in [5.41, 5.74) is 3.55. The Kier molecular flexibility index (Phi) is 3.64. The number of hydrogen-bond donors (Lipinski definition) is 0. The lowest BCUT2D eigenvalue weighted by molar-refractivity contribution is -0.169. The van der Waals surface area contributed by atoms with E-state index in [4.69, 9.17) is 14.2 Å². The minimum absolute atomic E-state index is 0.343. The summed E-state index contributed by atoms with van der Waals surface area (Å²) >= 11 is 0. The van der Waals surface area contributed by atoms with Gasteiger partial charge in [-0.05, 0) is 25.0 Å². The molecule has 0 atom stereocenters. The molecule has 3 heterocycles. The fourth-order valence-electron chi connectivity index (χ4n) is 4.28. The van der Waals surface area contributed by atoms with Crippen LogP contribution in [0, 0.1) is 0 Å². The van der Waals surface area contributed by atoms with Gasteiger partial charge in [-0.1, -0.05) is 0 Å². The molecule has 3 fully saturated rings. The summed E-state index contributed by atoms with van der Waals surface area (Å²) in [6, 6.07) is 4.97. The molecule has 2 saturated heterocycles. The zero-order valence-corrected chi connectivity index (χ0v) is 14.7. The lowest BCUT2D eigenvalue weighted by Crippen LogP contribution is -2.45. The minimum atomic E-state index is -0.343. The third-order valence-electron chi connectivity index (χ3n) is 5.76. The third-order valence-corrected chi connectivity index (χ3v) is 5.76. The number of nitrogens with zero attached hydrogens (tertiary/aromatic N) is 3. The first-order valence-electron chi connectivity index (χ1n) is 9.30. The number of rotatable bonds is 3. The largest absolute Gasteiger partial charge is 0.492 e. The molecule has 1 aromatic rings. The van der Waals surface area contributed by atoms with Gasteiger partial charge in [-0.2, -0.15) is 0 Å². The van der Waals surface area contributed by atoms with Crippen LogP contribution in [-0.2, 0) is 9.47 Å². The summed E-state index contributed by atoms with van der Waals surface area (Å²) in [6.45, 7) is 4.03. The number of ether oxygens (including phenoxy) is 3. The second-order valence-electron chi connectivity index (χ2n) is 7.30. The van der Waals surface area contributed by atoms with Crippen LogP contribution in [-0.4, -0.2) is 58.1 Å². The van der Waals surface area contributed by atoms with Crippen LogP contribution in [0.1, 0.15) is 31.2 Å². The van der Waals surface area contributed by atoms with E-state index in [-0.39, 0.29) is 5.79 Å². The molecule has 0 amide bonds.